The Balaban J connectivity index is 1.78. The number of hydrogen-bond donors (Lipinski definition) is 1. The molecule has 1 fully saturated rings. The molecule has 2 amide bonds. The fraction of sp³-hybridized carbons (Fsp3) is 0.632. The van der Waals surface area contributed by atoms with Gasteiger partial charge in [0.15, 0.2) is 0 Å². The van der Waals surface area contributed by atoms with Crippen LogP contribution >= 0.6 is 0 Å². The monoisotopic (exact) mass is 334 g/mol. The van der Waals surface area contributed by atoms with Gasteiger partial charge in [-0.3, -0.25) is 0 Å². The number of hydrogen-bond acceptors (Lipinski definition) is 3. The van der Waals surface area contributed by atoms with Crippen LogP contribution in [0.3, 0.4) is 0 Å². The Labute approximate surface area is 145 Å². The van der Waals surface area contributed by atoms with Crippen LogP contribution < -0.4 is 5.32 Å². The van der Waals surface area contributed by atoms with Crippen molar-refractivity contribution in [1.29, 1.82) is 0 Å². The van der Waals surface area contributed by atoms with Crippen LogP contribution in [0.4, 0.5) is 10.5 Å². The summed E-state index contributed by atoms with van der Waals surface area (Å²) in [6.45, 7) is 9.58. The molecule has 1 heterocycles. The van der Waals surface area contributed by atoms with Gasteiger partial charge < -0.3 is 19.7 Å². The summed E-state index contributed by atoms with van der Waals surface area (Å²) in [7, 11) is 0. The molecule has 0 saturated carbocycles. The van der Waals surface area contributed by atoms with Crippen molar-refractivity contribution < 1.29 is 14.3 Å². The van der Waals surface area contributed by atoms with E-state index in [2.05, 4.69) is 12.2 Å². The zero-order valence-corrected chi connectivity index (χ0v) is 15.1. The number of piperidine rings is 1. The van der Waals surface area contributed by atoms with Crippen LogP contribution in [-0.4, -0.2) is 43.3 Å². The summed E-state index contributed by atoms with van der Waals surface area (Å²) in [5.74, 6) is 0.581. The Morgan fingerprint density at radius 1 is 1.38 bits per heavy atom. The summed E-state index contributed by atoms with van der Waals surface area (Å²) >= 11 is 0. The Kier molecular flexibility index (Phi) is 7.53. The van der Waals surface area contributed by atoms with Gasteiger partial charge in [0.05, 0.1) is 25.9 Å². The number of rotatable bonds is 7. The number of carbonyl (C=O) groups is 1. The van der Waals surface area contributed by atoms with Gasteiger partial charge in [0.25, 0.3) is 0 Å². The molecule has 1 atom stereocenters. The third-order valence-electron chi connectivity index (χ3n) is 4.07. The highest BCUT2D eigenvalue weighted by Gasteiger charge is 2.20. The number of nitrogens with one attached hydrogen (secondary N) is 1. The smallest absolute Gasteiger partial charge is 0.321 e. The topological polar surface area (TPSA) is 50.8 Å². The molecule has 0 radical (unpaired) electrons. The molecular weight excluding hydrogens is 304 g/mol. The lowest BCUT2D eigenvalue weighted by Crippen LogP contribution is -2.41. The number of likely N-dealkylation sites (tertiary alicyclic amines) is 1. The van der Waals surface area contributed by atoms with Gasteiger partial charge in [0.2, 0.25) is 0 Å². The van der Waals surface area contributed by atoms with E-state index >= 15 is 0 Å². The number of amides is 2. The summed E-state index contributed by atoms with van der Waals surface area (Å²) < 4.78 is 11.1. The molecule has 2 rings (SSSR count). The van der Waals surface area contributed by atoms with Crippen molar-refractivity contribution >= 4 is 11.7 Å². The lowest BCUT2D eigenvalue weighted by atomic mass is 10.0. The van der Waals surface area contributed by atoms with E-state index in [9.17, 15) is 4.79 Å². The minimum atomic E-state index is -0.00930. The van der Waals surface area contributed by atoms with Crippen molar-refractivity contribution in [3.8, 4) is 0 Å². The lowest BCUT2D eigenvalue weighted by molar-refractivity contribution is 0.0143. The Bertz CT molecular complexity index is 519. The second-order valence-corrected chi connectivity index (χ2v) is 6.80. The number of benzene rings is 1. The maximum Gasteiger partial charge on any atom is 0.321 e. The molecule has 134 valence electrons. The quantitative estimate of drug-likeness (QED) is 0.770. The SMILES string of the molecule is CC(C)OCCOCc1cccc(NC(=O)N2CCC[C@H](C)C2)c1. The summed E-state index contributed by atoms with van der Waals surface area (Å²) in [4.78, 5) is 14.3. The number of anilines is 1. The first kappa shape index (κ1) is 18.7. The third kappa shape index (κ3) is 6.49. The predicted octanol–water partition coefficient (Wildman–Crippen LogP) is 3.89. The summed E-state index contributed by atoms with van der Waals surface area (Å²) in [5, 5.41) is 3.00. The lowest BCUT2D eigenvalue weighted by Gasteiger charge is -2.31. The molecule has 0 bridgehead atoms. The minimum absolute atomic E-state index is 0.00930. The standard InChI is InChI=1S/C19H30N2O3/c1-15(2)24-11-10-23-14-17-7-4-8-18(12-17)20-19(22)21-9-5-6-16(3)13-21/h4,7-8,12,15-16H,5-6,9-11,13-14H2,1-3H3,(H,20,22)/t16-/m0/s1. The molecule has 0 unspecified atom stereocenters. The second kappa shape index (κ2) is 9.64. The molecule has 1 aliphatic heterocycles. The largest absolute Gasteiger partial charge is 0.376 e. The average molecular weight is 334 g/mol. The third-order valence-corrected chi connectivity index (χ3v) is 4.07. The number of carbonyl (C=O) groups excluding carboxylic acids is 1. The summed E-state index contributed by atoms with van der Waals surface area (Å²) in [6, 6.07) is 7.82. The van der Waals surface area contributed by atoms with Gasteiger partial charge in [-0.15, -0.1) is 0 Å². The first-order chi connectivity index (χ1) is 11.5. The average Bonchev–Trinajstić information content (AvgIpc) is 2.54. The molecule has 5 heteroatoms. The van der Waals surface area contributed by atoms with Crippen molar-refractivity contribution in [3.05, 3.63) is 29.8 Å². The van der Waals surface area contributed by atoms with Crippen LogP contribution in [0.5, 0.6) is 0 Å². The number of nitrogens with zero attached hydrogens (tertiary/aromatic N) is 1. The molecule has 0 aromatic heterocycles. The van der Waals surface area contributed by atoms with E-state index in [0.717, 1.165) is 30.8 Å². The van der Waals surface area contributed by atoms with Crippen LogP contribution in [-0.2, 0) is 16.1 Å². The predicted molar refractivity (Wildman–Crippen MR) is 96.2 cm³/mol. The minimum Gasteiger partial charge on any atom is -0.376 e. The van der Waals surface area contributed by atoms with Crippen LogP contribution in [0.2, 0.25) is 0 Å². The van der Waals surface area contributed by atoms with Crippen LogP contribution in [0.25, 0.3) is 0 Å². The maximum atomic E-state index is 12.4. The zero-order chi connectivity index (χ0) is 17.4. The van der Waals surface area contributed by atoms with E-state index in [4.69, 9.17) is 9.47 Å². The Morgan fingerprint density at radius 2 is 2.21 bits per heavy atom. The molecular formula is C19H30N2O3. The highest BCUT2D eigenvalue weighted by atomic mass is 16.5. The molecule has 1 saturated heterocycles. The number of ether oxygens (including phenoxy) is 2. The van der Waals surface area contributed by atoms with E-state index in [1.807, 2.05) is 43.0 Å². The van der Waals surface area contributed by atoms with Crippen molar-refractivity contribution in [3.63, 3.8) is 0 Å². The van der Waals surface area contributed by atoms with Gasteiger partial charge in [0, 0.05) is 18.8 Å². The van der Waals surface area contributed by atoms with Gasteiger partial charge in [-0.2, -0.15) is 0 Å². The van der Waals surface area contributed by atoms with Crippen molar-refractivity contribution in [1.82, 2.24) is 4.90 Å². The fourth-order valence-electron chi connectivity index (χ4n) is 2.85. The van der Waals surface area contributed by atoms with Gasteiger partial charge in [-0.25, -0.2) is 4.79 Å². The highest BCUT2D eigenvalue weighted by Crippen LogP contribution is 2.17. The number of urea groups is 1. The highest BCUT2D eigenvalue weighted by molar-refractivity contribution is 5.89. The van der Waals surface area contributed by atoms with E-state index in [0.29, 0.717) is 25.7 Å². The molecule has 0 aliphatic carbocycles. The maximum absolute atomic E-state index is 12.4. The van der Waals surface area contributed by atoms with Crippen molar-refractivity contribution in [2.75, 3.05) is 31.6 Å². The molecule has 5 nitrogen and oxygen atoms in total. The van der Waals surface area contributed by atoms with Gasteiger partial charge in [0.1, 0.15) is 0 Å². The summed E-state index contributed by atoms with van der Waals surface area (Å²) in [6.07, 6.45) is 2.52. The van der Waals surface area contributed by atoms with Gasteiger partial charge >= 0.3 is 6.03 Å². The van der Waals surface area contributed by atoms with E-state index in [-0.39, 0.29) is 12.1 Å². The van der Waals surface area contributed by atoms with E-state index in [1.54, 1.807) is 0 Å². The molecule has 1 aliphatic rings. The van der Waals surface area contributed by atoms with Crippen molar-refractivity contribution in [2.24, 2.45) is 5.92 Å². The van der Waals surface area contributed by atoms with Crippen LogP contribution in [0.1, 0.15) is 39.2 Å². The second-order valence-electron chi connectivity index (χ2n) is 6.80. The van der Waals surface area contributed by atoms with Crippen LogP contribution in [0.15, 0.2) is 24.3 Å². The Morgan fingerprint density at radius 3 is 2.96 bits per heavy atom. The molecule has 0 spiro atoms. The Hall–Kier alpha value is -1.59. The van der Waals surface area contributed by atoms with Gasteiger partial charge in [-0.1, -0.05) is 19.1 Å². The van der Waals surface area contributed by atoms with Crippen LogP contribution in [0, 0.1) is 5.92 Å². The van der Waals surface area contributed by atoms with E-state index < -0.39 is 0 Å². The first-order valence-electron chi connectivity index (χ1n) is 8.89. The molecule has 24 heavy (non-hydrogen) atoms. The molecule has 1 aromatic rings. The van der Waals surface area contributed by atoms with E-state index in [1.165, 1.54) is 6.42 Å². The zero-order valence-electron chi connectivity index (χ0n) is 15.1. The van der Waals surface area contributed by atoms with Crippen molar-refractivity contribution in [2.45, 2.75) is 46.3 Å². The fourth-order valence-corrected chi connectivity index (χ4v) is 2.85. The van der Waals surface area contributed by atoms with Gasteiger partial charge in [-0.05, 0) is 50.3 Å². The first-order valence-corrected chi connectivity index (χ1v) is 8.89. The molecule has 1 N–H and O–H groups in total. The molecule has 1 aromatic carbocycles. The summed E-state index contributed by atoms with van der Waals surface area (Å²) in [5.41, 5.74) is 1.86. The normalized spacial score (nSPS) is 18.0.